The molecule has 0 radical (unpaired) electrons. The van der Waals surface area contributed by atoms with Crippen LogP contribution in [0.3, 0.4) is 0 Å². The fourth-order valence-corrected chi connectivity index (χ4v) is 1.25. The minimum atomic E-state index is 0.456. The largest absolute Gasteiger partial charge is 0.494 e. The van der Waals surface area contributed by atoms with Crippen LogP contribution in [0.15, 0.2) is 24.3 Å². The topological polar surface area (TPSA) is 21.3 Å². The minimum Gasteiger partial charge on any atom is -0.494 e. The first-order valence-electron chi connectivity index (χ1n) is 4.45. The summed E-state index contributed by atoms with van der Waals surface area (Å²) in [6.07, 6.45) is 1.00. The fourth-order valence-electron chi connectivity index (χ4n) is 1.01. The van der Waals surface area contributed by atoms with Gasteiger partial charge in [-0.15, -0.1) is 12.6 Å². The summed E-state index contributed by atoms with van der Waals surface area (Å²) >= 11 is 8.81. The van der Waals surface area contributed by atoms with Crippen molar-refractivity contribution in [3.63, 3.8) is 0 Å². The molecule has 0 atom stereocenters. The Morgan fingerprint density at radius 2 is 2.36 bits per heavy atom. The van der Waals surface area contributed by atoms with Gasteiger partial charge in [0.1, 0.15) is 10.1 Å². The Hall–Kier alpha value is -0.740. The molecule has 0 aliphatic carbocycles. The zero-order chi connectivity index (χ0) is 10.4. The molecule has 2 nitrogen and oxygen atoms in total. The highest BCUT2D eigenvalue weighted by Crippen LogP contribution is 2.17. The van der Waals surface area contributed by atoms with Crippen molar-refractivity contribution in [2.75, 3.05) is 11.9 Å². The summed E-state index contributed by atoms with van der Waals surface area (Å²) in [6, 6.07) is 7.65. The summed E-state index contributed by atoms with van der Waals surface area (Å²) in [5, 5.41) is 2.94. The van der Waals surface area contributed by atoms with Gasteiger partial charge in [-0.2, -0.15) is 0 Å². The van der Waals surface area contributed by atoms with Gasteiger partial charge >= 0.3 is 0 Å². The maximum Gasteiger partial charge on any atom is 0.135 e. The zero-order valence-corrected chi connectivity index (χ0v) is 9.70. The van der Waals surface area contributed by atoms with Crippen LogP contribution < -0.4 is 10.1 Å². The molecule has 0 aliphatic heterocycles. The Labute approximate surface area is 95.1 Å². The summed E-state index contributed by atoms with van der Waals surface area (Å²) in [7, 11) is 0. The standard InChI is InChI=1S/C10H13NOS2/c1-2-6-12-9-5-3-4-8(7-9)11-10(13)14/h3-5,7H,2,6H2,1H3,(H2,11,13,14). The summed E-state index contributed by atoms with van der Waals surface area (Å²) < 4.78 is 5.93. The second kappa shape index (κ2) is 5.88. The van der Waals surface area contributed by atoms with Gasteiger partial charge in [0.2, 0.25) is 0 Å². The number of thiocarbonyl (C=S) groups is 1. The van der Waals surface area contributed by atoms with E-state index in [0.29, 0.717) is 4.32 Å². The molecule has 0 amide bonds. The molecule has 76 valence electrons. The van der Waals surface area contributed by atoms with Crippen molar-refractivity contribution in [2.45, 2.75) is 13.3 Å². The molecule has 0 unspecified atom stereocenters. The number of ether oxygens (including phenoxy) is 1. The van der Waals surface area contributed by atoms with E-state index in [4.69, 9.17) is 17.0 Å². The number of nitrogens with one attached hydrogen (secondary N) is 1. The van der Waals surface area contributed by atoms with E-state index < -0.39 is 0 Å². The third-order valence-electron chi connectivity index (χ3n) is 1.56. The average Bonchev–Trinajstić information content (AvgIpc) is 2.14. The van der Waals surface area contributed by atoms with Gasteiger partial charge in [-0.3, -0.25) is 0 Å². The van der Waals surface area contributed by atoms with Gasteiger partial charge < -0.3 is 10.1 Å². The third kappa shape index (κ3) is 3.98. The molecular formula is C10H13NOS2. The van der Waals surface area contributed by atoms with E-state index >= 15 is 0 Å². The molecule has 0 spiro atoms. The smallest absolute Gasteiger partial charge is 0.135 e. The summed E-state index contributed by atoms with van der Waals surface area (Å²) in [4.78, 5) is 0. The van der Waals surface area contributed by atoms with E-state index in [1.54, 1.807) is 0 Å². The van der Waals surface area contributed by atoms with Crippen LogP contribution in [0.1, 0.15) is 13.3 Å². The predicted octanol–water partition coefficient (Wildman–Crippen LogP) is 3.10. The molecule has 0 heterocycles. The second-order valence-corrected chi connectivity index (χ2v) is 3.96. The first-order chi connectivity index (χ1) is 6.72. The van der Waals surface area contributed by atoms with Crippen LogP contribution in [0.4, 0.5) is 5.69 Å². The van der Waals surface area contributed by atoms with E-state index in [1.807, 2.05) is 24.3 Å². The maximum atomic E-state index is 5.47. The summed E-state index contributed by atoms with van der Waals surface area (Å²) in [6.45, 7) is 2.81. The Balaban J connectivity index is 2.63. The second-order valence-electron chi connectivity index (χ2n) is 2.81. The van der Waals surface area contributed by atoms with Gasteiger partial charge in [0.15, 0.2) is 0 Å². The molecule has 0 bridgehead atoms. The normalized spacial score (nSPS) is 9.57. The van der Waals surface area contributed by atoms with Gasteiger partial charge in [0.05, 0.1) is 6.61 Å². The highest BCUT2D eigenvalue weighted by atomic mass is 32.1. The molecule has 0 saturated carbocycles. The Morgan fingerprint density at radius 3 is 3.00 bits per heavy atom. The van der Waals surface area contributed by atoms with Gasteiger partial charge in [0.25, 0.3) is 0 Å². The first kappa shape index (κ1) is 11.3. The van der Waals surface area contributed by atoms with Gasteiger partial charge in [-0.25, -0.2) is 0 Å². The van der Waals surface area contributed by atoms with Crippen LogP contribution >= 0.6 is 24.8 Å². The molecule has 0 saturated heterocycles. The summed E-state index contributed by atoms with van der Waals surface area (Å²) in [5.41, 5.74) is 0.901. The van der Waals surface area contributed by atoms with E-state index in [0.717, 1.165) is 24.5 Å². The lowest BCUT2D eigenvalue weighted by Crippen LogP contribution is -2.01. The molecule has 0 fully saturated rings. The molecule has 1 aromatic rings. The van der Waals surface area contributed by atoms with Crippen molar-refractivity contribution in [3.05, 3.63) is 24.3 Å². The molecule has 14 heavy (non-hydrogen) atoms. The Morgan fingerprint density at radius 1 is 1.57 bits per heavy atom. The lowest BCUT2D eigenvalue weighted by atomic mass is 10.3. The quantitative estimate of drug-likeness (QED) is 0.609. The average molecular weight is 227 g/mol. The molecular weight excluding hydrogens is 214 g/mol. The van der Waals surface area contributed by atoms with Crippen LogP contribution in [0.2, 0.25) is 0 Å². The van der Waals surface area contributed by atoms with Gasteiger partial charge in [0, 0.05) is 11.8 Å². The van der Waals surface area contributed by atoms with Crippen LogP contribution in [0.5, 0.6) is 5.75 Å². The lowest BCUT2D eigenvalue weighted by molar-refractivity contribution is 0.317. The highest BCUT2D eigenvalue weighted by molar-refractivity contribution is 8.11. The molecule has 1 rings (SSSR count). The van der Waals surface area contributed by atoms with Crippen molar-refractivity contribution in [2.24, 2.45) is 0 Å². The highest BCUT2D eigenvalue weighted by Gasteiger charge is 1.96. The minimum absolute atomic E-state index is 0.456. The van der Waals surface area contributed by atoms with Gasteiger partial charge in [-0.05, 0) is 18.6 Å². The number of benzene rings is 1. The van der Waals surface area contributed by atoms with Crippen molar-refractivity contribution in [3.8, 4) is 5.75 Å². The van der Waals surface area contributed by atoms with E-state index in [1.165, 1.54) is 0 Å². The number of anilines is 1. The van der Waals surface area contributed by atoms with Crippen molar-refractivity contribution < 1.29 is 4.74 Å². The van der Waals surface area contributed by atoms with Crippen molar-refractivity contribution in [1.29, 1.82) is 0 Å². The maximum absolute atomic E-state index is 5.47. The summed E-state index contributed by atoms with van der Waals surface area (Å²) in [5.74, 6) is 0.849. The number of hydrogen-bond donors (Lipinski definition) is 2. The molecule has 0 aromatic heterocycles. The van der Waals surface area contributed by atoms with E-state index in [9.17, 15) is 0 Å². The van der Waals surface area contributed by atoms with E-state index in [2.05, 4.69) is 24.9 Å². The zero-order valence-electron chi connectivity index (χ0n) is 7.99. The Bertz CT molecular complexity index is 315. The third-order valence-corrected chi connectivity index (χ3v) is 1.77. The van der Waals surface area contributed by atoms with Crippen molar-refractivity contribution >= 4 is 34.9 Å². The molecule has 4 heteroatoms. The Kier molecular flexibility index (Phi) is 4.76. The number of thiol groups is 1. The predicted molar refractivity (Wildman–Crippen MR) is 67.4 cm³/mol. The van der Waals surface area contributed by atoms with E-state index in [-0.39, 0.29) is 0 Å². The first-order valence-corrected chi connectivity index (χ1v) is 5.30. The fraction of sp³-hybridized carbons (Fsp3) is 0.300. The SMILES string of the molecule is CCCOc1cccc(NC(=S)S)c1. The molecule has 1 N–H and O–H groups in total. The molecule has 0 aliphatic rings. The molecule has 1 aromatic carbocycles. The van der Waals surface area contributed by atoms with Gasteiger partial charge in [-0.1, -0.05) is 25.2 Å². The van der Waals surface area contributed by atoms with Crippen LogP contribution in [-0.4, -0.2) is 10.9 Å². The van der Waals surface area contributed by atoms with Crippen molar-refractivity contribution in [1.82, 2.24) is 0 Å². The number of hydrogen-bond acceptors (Lipinski definition) is 2. The van der Waals surface area contributed by atoms with Crippen LogP contribution in [0.25, 0.3) is 0 Å². The number of rotatable bonds is 4. The lowest BCUT2D eigenvalue weighted by Gasteiger charge is -2.07. The monoisotopic (exact) mass is 227 g/mol. The van der Waals surface area contributed by atoms with Crippen LogP contribution in [0, 0.1) is 0 Å². The van der Waals surface area contributed by atoms with Crippen LogP contribution in [-0.2, 0) is 0 Å².